The Morgan fingerprint density at radius 1 is 1.40 bits per heavy atom. The lowest BCUT2D eigenvalue weighted by molar-refractivity contribution is 0.217. The average Bonchev–Trinajstić information content (AvgIpc) is 2.48. The van der Waals surface area contributed by atoms with E-state index < -0.39 is 0 Å². The Morgan fingerprint density at radius 3 is 3.00 bits per heavy atom. The second-order valence-corrected chi connectivity index (χ2v) is 4.39. The van der Waals surface area contributed by atoms with E-state index in [1.165, 1.54) is 6.20 Å². The van der Waals surface area contributed by atoms with Crippen LogP contribution in [0.15, 0.2) is 36.5 Å². The standard InChI is InChI=1S/C15H16N4O/c1-3-11(2)20-14-6-4-5-13(9-14)18-15-12(10-16)7-8-17-19-15/h4-9,11H,3H2,1-2H3,(H,18,19). The highest BCUT2D eigenvalue weighted by atomic mass is 16.5. The van der Waals surface area contributed by atoms with Gasteiger partial charge in [0.1, 0.15) is 11.8 Å². The molecule has 0 aliphatic carbocycles. The van der Waals surface area contributed by atoms with E-state index in [-0.39, 0.29) is 6.10 Å². The first-order chi connectivity index (χ1) is 9.72. The summed E-state index contributed by atoms with van der Waals surface area (Å²) in [5.74, 6) is 1.22. The zero-order chi connectivity index (χ0) is 14.4. The van der Waals surface area contributed by atoms with Crippen LogP contribution in [0, 0.1) is 11.3 Å². The van der Waals surface area contributed by atoms with Gasteiger partial charge in [0.15, 0.2) is 5.82 Å². The van der Waals surface area contributed by atoms with E-state index in [0.29, 0.717) is 11.4 Å². The molecule has 5 nitrogen and oxygen atoms in total. The maximum Gasteiger partial charge on any atom is 0.171 e. The summed E-state index contributed by atoms with van der Waals surface area (Å²) in [6, 6.07) is 11.3. The number of ether oxygens (including phenoxy) is 1. The van der Waals surface area contributed by atoms with Gasteiger partial charge in [0.25, 0.3) is 0 Å². The second-order valence-electron chi connectivity index (χ2n) is 4.39. The number of rotatable bonds is 5. The number of nitrogens with zero attached hydrogens (tertiary/aromatic N) is 3. The quantitative estimate of drug-likeness (QED) is 0.901. The first-order valence-electron chi connectivity index (χ1n) is 6.48. The molecular formula is C15H16N4O. The molecule has 1 aromatic heterocycles. The van der Waals surface area contributed by atoms with Crippen LogP contribution in [0.3, 0.4) is 0 Å². The summed E-state index contributed by atoms with van der Waals surface area (Å²) in [4.78, 5) is 0. The van der Waals surface area contributed by atoms with Gasteiger partial charge >= 0.3 is 0 Å². The van der Waals surface area contributed by atoms with Gasteiger partial charge in [-0.2, -0.15) is 10.4 Å². The molecule has 20 heavy (non-hydrogen) atoms. The van der Waals surface area contributed by atoms with Crippen LogP contribution in [0.4, 0.5) is 11.5 Å². The molecule has 5 heteroatoms. The van der Waals surface area contributed by atoms with Crippen molar-refractivity contribution in [1.29, 1.82) is 5.26 Å². The SMILES string of the molecule is CCC(C)Oc1cccc(Nc2nnccc2C#N)c1. The summed E-state index contributed by atoms with van der Waals surface area (Å²) >= 11 is 0. The van der Waals surface area contributed by atoms with Gasteiger partial charge < -0.3 is 10.1 Å². The highest BCUT2D eigenvalue weighted by Gasteiger charge is 2.06. The fraction of sp³-hybridized carbons (Fsp3) is 0.267. The summed E-state index contributed by atoms with van der Waals surface area (Å²) in [6.45, 7) is 4.10. The molecule has 0 saturated carbocycles. The number of anilines is 2. The van der Waals surface area contributed by atoms with E-state index in [4.69, 9.17) is 10.00 Å². The van der Waals surface area contributed by atoms with Crippen molar-refractivity contribution < 1.29 is 4.74 Å². The zero-order valence-electron chi connectivity index (χ0n) is 11.5. The summed E-state index contributed by atoms with van der Waals surface area (Å²) < 4.78 is 5.76. The Labute approximate surface area is 118 Å². The lowest BCUT2D eigenvalue weighted by Gasteiger charge is -2.13. The van der Waals surface area contributed by atoms with Gasteiger partial charge in [-0.25, -0.2) is 0 Å². The minimum Gasteiger partial charge on any atom is -0.491 e. The molecule has 1 atom stereocenters. The summed E-state index contributed by atoms with van der Waals surface area (Å²) in [5.41, 5.74) is 1.26. The molecule has 1 N–H and O–H groups in total. The maximum absolute atomic E-state index is 9.02. The molecule has 0 amide bonds. The Kier molecular flexibility index (Phi) is 4.51. The number of nitrogens with one attached hydrogen (secondary N) is 1. The monoisotopic (exact) mass is 268 g/mol. The van der Waals surface area contributed by atoms with Gasteiger partial charge in [-0.1, -0.05) is 13.0 Å². The normalized spacial score (nSPS) is 11.4. The summed E-state index contributed by atoms with van der Waals surface area (Å²) in [6.07, 6.45) is 2.60. The fourth-order valence-electron chi connectivity index (χ4n) is 1.61. The van der Waals surface area contributed by atoms with E-state index in [0.717, 1.165) is 17.9 Å². The lowest BCUT2D eigenvalue weighted by Crippen LogP contribution is -2.09. The maximum atomic E-state index is 9.02. The molecule has 0 fully saturated rings. The molecule has 0 aliphatic rings. The predicted octanol–water partition coefficient (Wildman–Crippen LogP) is 3.27. The van der Waals surface area contributed by atoms with Crippen LogP contribution in [0.25, 0.3) is 0 Å². The van der Waals surface area contributed by atoms with Crippen LogP contribution < -0.4 is 10.1 Å². The summed E-state index contributed by atoms with van der Waals surface area (Å²) in [5, 5.41) is 19.8. The van der Waals surface area contributed by atoms with Gasteiger partial charge in [0.05, 0.1) is 17.9 Å². The van der Waals surface area contributed by atoms with Crippen molar-refractivity contribution in [2.45, 2.75) is 26.4 Å². The molecule has 2 aromatic rings. The van der Waals surface area contributed by atoms with Crippen LogP contribution in [0.2, 0.25) is 0 Å². The largest absolute Gasteiger partial charge is 0.491 e. The molecule has 1 aromatic carbocycles. The van der Waals surface area contributed by atoms with Gasteiger partial charge in [0.2, 0.25) is 0 Å². The van der Waals surface area contributed by atoms with Crippen LogP contribution >= 0.6 is 0 Å². The third-order valence-electron chi connectivity index (χ3n) is 2.85. The van der Waals surface area contributed by atoms with E-state index >= 15 is 0 Å². The number of benzene rings is 1. The van der Waals surface area contributed by atoms with E-state index in [1.54, 1.807) is 6.07 Å². The minimum atomic E-state index is 0.163. The Morgan fingerprint density at radius 2 is 2.25 bits per heavy atom. The lowest BCUT2D eigenvalue weighted by atomic mass is 10.2. The Bertz CT molecular complexity index is 621. The first-order valence-corrected chi connectivity index (χ1v) is 6.48. The van der Waals surface area contributed by atoms with Crippen LogP contribution in [0.5, 0.6) is 5.75 Å². The topological polar surface area (TPSA) is 70.8 Å². The van der Waals surface area contributed by atoms with E-state index in [9.17, 15) is 0 Å². The van der Waals surface area contributed by atoms with Crippen molar-refractivity contribution in [2.24, 2.45) is 0 Å². The predicted molar refractivity (Wildman–Crippen MR) is 76.9 cm³/mol. The van der Waals surface area contributed by atoms with Gasteiger partial charge in [-0.3, -0.25) is 0 Å². The van der Waals surface area contributed by atoms with Gasteiger partial charge in [-0.15, -0.1) is 5.10 Å². The number of hydrogen-bond acceptors (Lipinski definition) is 5. The van der Waals surface area contributed by atoms with Crippen molar-refractivity contribution in [3.05, 3.63) is 42.1 Å². The van der Waals surface area contributed by atoms with Crippen molar-refractivity contribution in [3.63, 3.8) is 0 Å². The van der Waals surface area contributed by atoms with Crippen LogP contribution in [-0.4, -0.2) is 16.3 Å². The first kappa shape index (κ1) is 13.8. The molecule has 0 bridgehead atoms. The Balaban J connectivity index is 2.18. The fourth-order valence-corrected chi connectivity index (χ4v) is 1.61. The molecule has 102 valence electrons. The highest BCUT2D eigenvalue weighted by molar-refractivity contribution is 5.63. The average molecular weight is 268 g/mol. The van der Waals surface area contributed by atoms with Crippen molar-refractivity contribution >= 4 is 11.5 Å². The third-order valence-corrected chi connectivity index (χ3v) is 2.85. The van der Waals surface area contributed by atoms with E-state index in [1.807, 2.05) is 31.2 Å². The summed E-state index contributed by atoms with van der Waals surface area (Å²) in [7, 11) is 0. The molecule has 0 aliphatic heterocycles. The highest BCUT2D eigenvalue weighted by Crippen LogP contribution is 2.22. The van der Waals surface area contributed by atoms with Crippen molar-refractivity contribution in [2.75, 3.05) is 5.32 Å². The molecule has 1 unspecified atom stereocenters. The number of hydrogen-bond donors (Lipinski definition) is 1. The number of nitriles is 1. The molecule has 0 spiro atoms. The molecule has 2 rings (SSSR count). The van der Waals surface area contributed by atoms with Crippen LogP contribution in [-0.2, 0) is 0 Å². The van der Waals surface area contributed by atoms with Gasteiger partial charge in [0, 0.05) is 11.8 Å². The van der Waals surface area contributed by atoms with Crippen molar-refractivity contribution in [1.82, 2.24) is 10.2 Å². The zero-order valence-corrected chi connectivity index (χ0v) is 11.5. The second kappa shape index (κ2) is 6.53. The smallest absolute Gasteiger partial charge is 0.171 e. The molecule has 0 saturated heterocycles. The van der Waals surface area contributed by atoms with E-state index in [2.05, 4.69) is 28.5 Å². The van der Waals surface area contributed by atoms with Crippen LogP contribution in [0.1, 0.15) is 25.8 Å². The molecular weight excluding hydrogens is 252 g/mol. The van der Waals surface area contributed by atoms with Crippen molar-refractivity contribution in [3.8, 4) is 11.8 Å². The third kappa shape index (κ3) is 3.45. The molecule has 1 heterocycles. The van der Waals surface area contributed by atoms with Gasteiger partial charge in [-0.05, 0) is 31.5 Å². The Hall–Kier alpha value is -2.61. The molecule has 0 radical (unpaired) electrons. The minimum absolute atomic E-state index is 0.163. The number of aromatic nitrogens is 2.